The van der Waals surface area contributed by atoms with Crippen molar-refractivity contribution in [2.75, 3.05) is 5.32 Å². The Bertz CT molecular complexity index is 511. The lowest BCUT2D eigenvalue weighted by atomic mass is 10.2. The summed E-state index contributed by atoms with van der Waals surface area (Å²) in [7, 11) is 0. The molecule has 1 aromatic heterocycles. The molecule has 0 fully saturated rings. The van der Waals surface area contributed by atoms with E-state index in [9.17, 15) is 4.79 Å². The Morgan fingerprint density at radius 3 is 2.72 bits per heavy atom. The molecule has 1 N–H and O–H groups in total. The molecular weight excluding hydrogens is 250 g/mol. The number of hydrogen-bond donors (Lipinski definition) is 1. The standard InChI is InChI=1S/C12H13N3O2S/c1-8-3-5-10(6-4-8)17-9(2)11(16)14-12-15-13-7-18-12/h3-7,9H,1-2H3,(H,14,15,16). The molecule has 0 aliphatic carbocycles. The molecule has 0 saturated heterocycles. The van der Waals surface area contributed by atoms with Crippen LogP contribution in [0.3, 0.4) is 0 Å². The van der Waals surface area contributed by atoms with E-state index in [-0.39, 0.29) is 5.91 Å². The van der Waals surface area contributed by atoms with Gasteiger partial charge in [0.1, 0.15) is 11.3 Å². The summed E-state index contributed by atoms with van der Waals surface area (Å²) in [4.78, 5) is 11.8. The number of aromatic nitrogens is 2. The Balaban J connectivity index is 1.93. The maximum Gasteiger partial charge on any atom is 0.266 e. The number of nitrogens with zero attached hydrogens (tertiary/aromatic N) is 2. The van der Waals surface area contributed by atoms with Crippen LogP contribution in [0, 0.1) is 6.92 Å². The summed E-state index contributed by atoms with van der Waals surface area (Å²) in [6.45, 7) is 3.69. The molecule has 2 rings (SSSR count). The van der Waals surface area contributed by atoms with E-state index >= 15 is 0 Å². The van der Waals surface area contributed by atoms with E-state index in [2.05, 4.69) is 15.5 Å². The van der Waals surface area contributed by atoms with Gasteiger partial charge in [0.2, 0.25) is 5.13 Å². The van der Waals surface area contributed by atoms with Crippen LogP contribution in [-0.2, 0) is 4.79 Å². The first-order chi connectivity index (χ1) is 8.65. The van der Waals surface area contributed by atoms with E-state index < -0.39 is 6.10 Å². The fourth-order valence-corrected chi connectivity index (χ4v) is 1.76. The summed E-state index contributed by atoms with van der Waals surface area (Å²) in [5.74, 6) is 0.424. The highest BCUT2D eigenvalue weighted by atomic mass is 32.1. The first kappa shape index (κ1) is 12.5. The second-order valence-corrected chi connectivity index (χ2v) is 4.64. The second-order valence-electron chi connectivity index (χ2n) is 3.81. The average molecular weight is 263 g/mol. The summed E-state index contributed by atoms with van der Waals surface area (Å²) >= 11 is 1.27. The molecule has 0 aliphatic heterocycles. The van der Waals surface area contributed by atoms with Gasteiger partial charge in [0.15, 0.2) is 6.10 Å². The van der Waals surface area contributed by atoms with Crippen molar-refractivity contribution >= 4 is 22.4 Å². The van der Waals surface area contributed by atoms with Crippen molar-refractivity contribution in [1.82, 2.24) is 10.2 Å². The molecule has 0 aliphatic rings. The van der Waals surface area contributed by atoms with Crippen LogP contribution in [0.25, 0.3) is 0 Å². The normalized spacial score (nSPS) is 11.9. The van der Waals surface area contributed by atoms with Gasteiger partial charge in [-0.2, -0.15) is 0 Å². The molecule has 1 aromatic carbocycles. The van der Waals surface area contributed by atoms with Gasteiger partial charge in [0, 0.05) is 0 Å². The van der Waals surface area contributed by atoms with E-state index in [1.54, 1.807) is 12.4 Å². The van der Waals surface area contributed by atoms with Crippen molar-refractivity contribution in [3.05, 3.63) is 35.3 Å². The fourth-order valence-electron chi connectivity index (χ4n) is 1.31. The van der Waals surface area contributed by atoms with Gasteiger partial charge in [-0.15, -0.1) is 10.2 Å². The first-order valence-electron chi connectivity index (χ1n) is 5.45. The third kappa shape index (κ3) is 3.27. The molecule has 1 unspecified atom stereocenters. The molecular formula is C12H13N3O2S. The predicted molar refractivity (Wildman–Crippen MR) is 69.8 cm³/mol. The number of aryl methyl sites for hydroxylation is 1. The second kappa shape index (κ2) is 5.59. The van der Waals surface area contributed by atoms with Crippen molar-refractivity contribution < 1.29 is 9.53 Å². The van der Waals surface area contributed by atoms with Gasteiger partial charge < -0.3 is 4.74 Å². The number of amides is 1. The Kier molecular flexibility index (Phi) is 3.88. The summed E-state index contributed by atoms with van der Waals surface area (Å²) in [5.41, 5.74) is 2.70. The van der Waals surface area contributed by atoms with Crippen LogP contribution in [0.15, 0.2) is 29.8 Å². The maximum atomic E-state index is 11.8. The molecule has 0 radical (unpaired) electrons. The van der Waals surface area contributed by atoms with Gasteiger partial charge in [0.05, 0.1) is 0 Å². The molecule has 0 saturated carbocycles. The van der Waals surface area contributed by atoms with Crippen molar-refractivity contribution in [2.24, 2.45) is 0 Å². The van der Waals surface area contributed by atoms with E-state index in [4.69, 9.17) is 4.74 Å². The molecule has 1 amide bonds. The fraction of sp³-hybridized carbons (Fsp3) is 0.250. The SMILES string of the molecule is Cc1ccc(OC(C)C(=O)Nc2nncs2)cc1. The van der Waals surface area contributed by atoms with Crippen LogP contribution < -0.4 is 10.1 Å². The zero-order chi connectivity index (χ0) is 13.0. The minimum absolute atomic E-state index is 0.243. The molecule has 5 nitrogen and oxygen atoms in total. The monoisotopic (exact) mass is 263 g/mol. The summed E-state index contributed by atoms with van der Waals surface area (Å²) in [6, 6.07) is 7.55. The number of anilines is 1. The van der Waals surface area contributed by atoms with E-state index in [1.807, 2.05) is 31.2 Å². The third-order valence-corrected chi connectivity index (χ3v) is 2.90. The summed E-state index contributed by atoms with van der Waals surface area (Å²) < 4.78 is 5.52. The molecule has 1 atom stereocenters. The molecule has 1 heterocycles. The molecule has 6 heteroatoms. The Morgan fingerprint density at radius 1 is 1.39 bits per heavy atom. The largest absolute Gasteiger partial charge is 0.481 e. The lowest BCUT2D eigenvalue weighted by Gasteiger charge is -2.13. The lowest BCUT2D eigenvalue weighted by molar-refractivity contribution is -0.122. The van der Waals surface area contributed by atoms with Crippen LogP contribution in [-0.4, -0.2) is 22.2 Å². The van der Waals surface area contributed by atoms with E-state index in [0.717, 1.165) is 5.56 Å². The average Bonchev–Trinajstić information content (AvgIpc) is 2.85. The highest BCUT2D eigenvalue weighted by Gasteiger charge is 2.15. The number of rotatable bonds is 4. The minimum Gasteiger partial charge on any atom is -0.481 e. The Hall–Kier alpha value is -1.95. The minimum atomic E-state index is -0.586. The van der Waals surface area contributed by atoms with Crippen molar-refractivity contribution in [3.8, 4) is 5.75 Å². The number of hydrogen-bond acceptors (Lipinski definition) is 5. The number of carbonyl (C=O) groups excluding carboxylic acids is 1. The zero-order valence-electron chi connectivity index (χ0n) is 10.1. The smallest absolute Gasteiger partial charge is 0.266 e. The van der Waals surface area contributed by atoms with Crippen LogP contribution in [0.4, 0.5) is 5.13 Å². The highest BCUT2D eigenvalue weighted by Crippen LogP contribution is 2.14. The Labute approximate surface area is 109 Å². The summed E-state index contributed by atoms with van der Waals surface area (Å²) in [6.07, 6.45) is -0.586. The van der Waals surface area contributed by atoms with Gasteiger partial charge in [-0.1, -0.05) is 29.0 Å². The van der Waals surface area contributed by atoms with Crippen LogP contribution >= 0.6 is 11.3 Å². The van der Waals surface area contributed by atoms with Gasteiger partial charge in [-0.3, -0.25) is 10.1 Å². The molecule has 18 heavy (non-hydrogen) atoms. The van der Waals surface area contributed by atoms with Crippen molar-refractivity contribution in [1.29, 1.82) is 0 Å². The third-order valence-electron chi connectivity index (χ3n) is 2.29. The highest BCUT2D eigenvalue weighted by molar-refractivity contribution is 7.13. The van der Waals surface area contributed by atoms with Crippen LogP contribution in [0.5, 0.6) is 5.75 Å². The first-order valence-corrected chi connectivity index (χ1v) is 6.33. The maximum absolute atomic E-state index is 11.8. The predicted octanol–water partition coefficient (Wildman–Crippen LogP) is 2.25. The van der Waals surface area contributed by atoms with Crippen molar-refractivity contribution in [3.63, 3.8) is 0 Å². The van der Waals surface area contributed by atoms with Gasteiger partial charge in [-0.05, 0) is 26.0 Å². The molecule has 2 aromatic rings. The van der Waals surface area contributed by atoms with E-state index in [0.29, 0.717) is 10.9 Å². The van der Waals surface area contributed by atoms with Gasteiger partial charge in [-0.25, -0.2) is 0 Å². The topological polar surface area (TPSA) is 64.1 Å². The summed E-state index contributed by atoms with van der Waals surface area (Å²) in [5, 5.41) is 10.5. The Morgan fingerprint density at radius 2 is 2.11 bits per heavy atom. The number of nitrogens with one attached hydrogen (secondary N) is 1. The van der Waals surface area contributed by atoms with Gasteiger partial charge in [0.25, 0.3) is 5.91 Å². The van der Waals surface area contributed by atoms with Crippen LogP contribution in [0.2, 0.25) is 0 Å². The zero-order valence-corrected chi connectivity index (χ0v) is 10.9. The van der Waals surface area contributed by atoms with Crippen LogP contribution in [0.1, 0.15) is 12.5 Å². The van der Waals surface area contributed by atoms with Crippen molar-refractivity contribution in [2.45, 2.75) is 20.0 Å². The number of benzene rings is 1. The molecule has 0 bridgehead atoms. The number of ether oxygens (including phenoxy) is 1. The lowest BCUT2D eigenvalue weighted by Crippen LogP contribution is -2.30. The van der Waals surface area contributed by atoms with E-state index in [1.165, 1.54) is 11.3 Å². The number of carbonyl (C=O) groups is 1. The van der Waals surface area contributed by atoms with Gasteiger partial charge >= 0.3 is 0 Å². The quantitative estimate of drug-likeness (QED) is 0.919. The molecule has 0 spiro atoms. The molecule has 94 valence electrons.